The first kappa shape index (κ1) is 15.2. The summed E-state index contributed by atoms with van der Waals surface area (Å²) in [6.07, 6.45) is 5.04. The lowest BCUT2D eigenvalue weighted by Gasteiger charge is -2.14. The smallest absolute Gasteiger partial charge is 0.345 e. The normalized spacial score (nSPS) is 12.6. The highest BCUT2D eigenvalue weighted by molar-refractivity contribution is 7.13. The topological polar surface area (TPSA) is 49.3 Å². The van der Waals surface area contributed by atoms with E-state index in [0.29, 0.717) is 4.88 Å². The van der Waals surface area contributed by atoms with Crippen LogP contribution in [-0.2, 0) is 6.54 Å². The number of nitrogens with one attached hydrogen (secondary N) is 1. The Kier molecular flexibility index (Phi) is 6.98. The molecule has 0 amide bonds. The summed E-state index contributed by atoms with van der Waals surface area (Å²) in [5.41, 5.74) is 0. The fourth-order valence-corrected chi connectivity index (χ4v) is 2.75. The van der Waals surface area contributed by atoms with Crippen LogP contribution in [0.4, 0.5) is 0 Å². The molecule has 0 aromatic carbocycles. The van der Waals surface area contributed by atoms with Crippen molar-refractivity contribution in [1.82, 2.24) is 5.32 Å². The van der Waals surface area contributed by atoms with Crippen molar-refractivity contribution in [3.05, 3.63) is 21.9 Å². The van der Waals surface area contributed by atoms with Gasteiger partial charge in [-0.1, -0.05) is 33.1 Å². The van der Waals surface area contributed by atoms with Gasteiger partial charge in [-0.15, -0.1) is 11.3 Å². The van der Waals surface area contributed by atoms with E-state index in [2.05, 4.69) is 19.2 Å². The zero-order chi connectivity index (χ0) is 13.4. The number of carboxylic acids is 1. The highest BCUT2D eigenvalue weighted by Gasteiger charge is 2.08. The summed E-state index contributed by atoms with van der Waals surface area (Å²) in [4.78, 5) is 12.3. The number of thiophene rings is 1. The van der Waals surface area contributed by atoms with E-state index < -0.39 is 5.97 Å². The van der Waals surface area contributed by atoms with Crippen molar-refractivity contribution in [2.75, 3.05) is 6.54 Å². The number of aromatic carboxylic acids is 1. The van der Waals surface area contributed by atoms with E-state index in [1.54, 1.807) is 6.07 Å². The van der Waals surface area contributed by atoms with Crippen LogP contribution in [0.2, 0.25) is 0 Å². The van der Waals surface area contributed by atoms with Gasteiger partial charge in [-0.05, 0) is 31.0 Å². The first-order valence-corrected chi connectivity index (χ1v) is 7.51. The minimum Gasteiger partial charge on any atom is -0.477 e. The van der Waals surface area contributed by atoms with Crippen molar-refractivity contribution in [2.24, 2.45) is 5.92 Å². The zero-order valence-electron chi connectivity index (χ0n) is 11.2. The number of hydrogen-bond donors (Lipinski definition) is 2. The second-order valence-electron chi connectivity index (χ2n) is 4.62. The number of rotatable bonds is 9. The maximum absolute atomic E-state index is 10.8. The number of carbonyl (C=O) groups is 1. The standard InChI is InChI=1S/C14H23NO2S/c1-3-5-6-11(4-2)9-15-10-12-7-8-13(18-12)14(16)17/h7-8,11,15H,3-6,9-10H2,1-2H3,(H,16,17). The van der Waals surface area contributed by atoms with Gasteiger partial charge in [0, 0.05) is 11.4 Å². The molecule has 1 heterocycles. The molecule has 0 spiro atoms. The van der Waals surface area contributed by atoms with Gasteiger partial charge in [0.2, 0.25) is 0 Å². The first-order chi connectivity index (χ1) is 8.67. The van der Waals surface area contributed by atoms with Crippen molar-refractivity contribution in [3.63, 3.8) is 0 Å². The number of carboxylic acid groups (broad SMARTS) is 1. The first-order valence-electron chi connectivity index (χ1n) is 6.70. The Labute approximate surface area is 113 Å². The van der Waals surface area contributed by atoms with Crippen molar-refractivity contribution < 1.29 is 9.90 Å². The SMILES string of the molecule is CCCCC(CC)CNCc1ccc(C(=O)O)s1. The monoisotopic (exact) mass is 269 g/mol. The Morgan fingerprint density at radius 1 is 1.44 bits per heavy atom. The fraction of sp³-hybridized carbons (Fsp3) is 0.643. The van der Waals surface area contributed by atoms with Crippen LogP contribution in [0.25, 0.3) is 0 Å². The minimum absolute atomic E-state index is 0.421. The molecule has 0 fully saturated rings. The van der Waals surface area contributed by atoms with E-state index in [4.69, 9.17) is 5.11 Å². The highest BCUT2D eigenvalue weighted by atomic mass is 32.1. The molecule has 2 N–H and O–H groups in total. The Morgan fingerprint density at radius 2 is 2.22 bits per heavy atom. The van der Waals surface area contributed by atoms with Crippen LogP contribution >= 0.6 is 11.3 Å². The second-order valence-corrected chi connectivity index (χ2v) is 5.79. The van der Waals surface area contributed by atoms with Gasteiger partial charge in [0.15, 0.2) is 0 Å². The summed E-state index contributed by atoms with van der Waals surface area (Å²) in [5, 5.41) is 12.3. The molecule has 102 valence electrons. The Bertz CT molecular complexity index is 362. The van der Waals surface area contributed by atoms with Crippen LogP contribution in [0, 0.1) is 5.92 Å². The third-order valence-corrected chi connectivity index (χ3v) is 4.22. The molecule has 18 heavy (non-hydrogen) atoms. The van der Waals surface area contributed by atoms with Crippen molar-refractivity contribution >= 4 is 17.3 Å². The molecule has 0 aliphatic heterocycles. The fourth-order valence-electron chi connectivity index (χ4n) is 1.93. The average molecular weight is 269 g/mol. The lowest BCUT2D eigenvalue weighted by molar-refractivity contribution is 0.0702. The summed E-state index contributed by atoms with van der Waals surface area (Å²) in [6.45, 7) is 6.26. The molecule has 1 atom stereocenters. The van der Waals surface area contributed by atoms with Crippen molar-refractivity contribution in [2.45, 2.75) is 46.1 Å². The zero-order valence-corrected chi connectivity index (χ0v) is 12.1. The molecule has 0 radical (unpaired) electrons. The average Bonchev–Trinajstić information content (AvgIpc) is 2.82. The van der Waals surface area contributed by atoms with Crippen LogP contribution in [0.5, 0.6) is 0 Å². The number of hydrogen-bond acceptors (Lipinski definition) is 3. The third-order valence-electron chi connectivity index (χ3n) is 3.15. The second kappa shape index (κ2) is 8.27. The molecule has 0 bridgehead atoms. The van der Waals surface area contributed by atoms with E-state index in [0.717, 1.165) is 23.9 Å². The van der Waals surface area contributed by atoms with Gasteiger partial charge in [0.1, 0.15) is 4.88 Å². The molecular formula is C14H23NO2S. The molecule has 0 aliphatic rings. The summed E-state index contributed by atoms with van der Waals surface area (Å²) in [6, 6.07) is 3.58. The molecule has 1 aromatic heterocycles. The maximum Gasteiger partial charge on any atom is 0.345 e. The van der Waals surface area contributed by atoms with Gasteiger partial charge in [-0.25, -0.2) is 4.79 Å². The molecule has 3 nitrogen and oxygen atoms in total. The van der Waals surface area contributed by atoms with Crippen molar-refractivity contribution in [3.8, 4) is 0 Å². The van der Waals surface area contributed by atoms with Gasteiger partial charge in [0.25, 0.3) is 0 Å². The van der Waals surface area contributed by atoms with Gasteiger partial charge in [-0.3, -0.25) is 0 Å². The van der Waals surface area contributed by atoms with Crippen molar-refractivity contribution in [1.29, 1.82) is 0 Å². The van der Waals surface area contributed by atoms with Crippen LogP contribution < -0.4 is 5.32 Å². The van der Waals surface area contributed by atoms with Gasteiger partial charge in [0.05, 0.1) is 0 Å². The summed E-state index contributed by atoms with van der Waals surface area (Å²) >= 11 is 1.36. The minimum atomic E-state index is -0.833. The van der Waals surface area contributed by atoms with E-state index >= 15 is 0 Å². The third kappa shape index (κ3) is 5.19. The van der Waals surface area contributed by atoms with Crippen LogP contribution in [-0.4, -0.2) is 17.6 Å². The molecule has 1 aromatic rings. The molecular weight excluding hydrogens is 246 g/mol. The molecule has 0 aliphatic carbocycles. The predicted octanol–water partition coefficient (Wildman–Crippen LogP) is 3.75. The summed E-state index contributed by atoms with van der Waals surface area (Å²) in [5.74, 6) is -0.0931. The van der Waals surface area contributed by atoms with E-state index in [1.165, 1.54) is 37.0 Å². The maximum atomic E-state index is 10.8. The molecule has 0 saturated carbocycles. The Hall–Kier alpha value is -0.870. The van der Waals surface area contributed by atoms with Crippen LogP contribution in [0.3, 0.4) is 0 Å². The van der Waals surface area contributed by atoms with Gasteiger partial charge in [-0.2, -0.15) is 0 Å². The Balaban J connectivity index is 2.28. The molecule has 0 saturated heterocycles. The van der Waals surface area contributed by atoms with E-state index in [9.17, 15) is 4.79 Å². The summed E-state index contributed by atoms with van der Waals surface area (Å²) < 4.78 is 0. The van der Waals surface area contributed by atoms with Gasteiger partial charge >= 0.3 is 5.97 Å². The lowest BCUT2D eigenvalue weighted by Crippen LogP contribution is -2.21. The van der Waals surface area contributed by atoms with Gasteiger partial charge < -0.3 is 10.4 Å². The predicted molar refractivity (Wildman–Crippen MR) is 76.3 cm³/mol. The largest absolute Gasteiger partial charge is 0.477 e. The van der Waals surface area contributed by atoms with Crippen LogP contribution in [0.1, 0.15) is 54.1 Å². The molecule has 1 unspecified atom stereocenters. The Morgan fingerprint density at radius 3 is 2.78 bits per heavy atom. The van der Waals surface area contributed by atoms with E-state index in [1.807, 2.05) is 6.07 Å². The molecule has 4 heteroatoms. The van der Waals surface area contributed by atoms with E-state index in [-0.39, 0.29) is 0 Å². The quantitative estimate of drug-likeness (QED) is 0.717. The molecule has 1 rings (SSSR count). The highest BCUT2D eigenvalue weighted by Crippen LogP contribution is 2.17. The lowest BCUT2D eigenvalue weighted by atomic mass is 9.99. The summed E-state index contributed by atoms with van der Waals surface area (Å²) in [7, 11) is 0. The number of unbranched alkanes of at least 4 members (excludes halogenated alkanes) is 1. The van der Waals surface area contributed by atoms with Crippen LogP contribution in [0.15, 0.2) is 12.1 Å².